The number of benzene rings is 1. The summed E-state index contributed by atoms with van der Waals surface area (Å²) < 4.78 is 0. The van der Waals surface area contributed by atoms with Crippen LogP contribution in [0.15, 0.2) is 47.2 Å². The fraction of sp³-hybridized carbons (Fsp3) is 0.176. The number of carbonyl (C=O) groups excluding carboxylic acids is 2. The second kappa shape index (κ2) is 4.67. The van der Waals surface area contributed by atoms with Crippen molar-refractivity contribution in [2.24, 2.45) is 0 Å². The third-order valence-electron chi connectivity index (χ3n) is 4.06. The lowest BCUT2D eigenvalue weighted by atomic mass is 10.0. The van der Waals surface area contributed by atoms with E-state index in [0.717, 1.165) is 11.3 Å². The highest BCUT2D eigenvalue weighted by atomic mass is 28.3. The molecular weight excluding hydrogens is 278 g/mol. The van der Waals surface area contributed by atoms with Crippen LogP contribution in [-0.2, 0) is 9.59 Å². The van der Waals surface area contributed by atoms with Gasteiger partial charge in [-0.1, -0.05) is 25.2 Å². The third-order valence-corrected chi connectivity index (χ3v) is 7.62. The van der Waals surface area contributed by atoms with Crippen LogP contribution >= 0.6 is 0 Å². The molecule has 3 nitrogen and oxygen atoms in total. The Bertz CT molecular complexity index is 754. The first-order valence-corrected chi connectivity index (χ1v) is 9.96. The fourth-order valence-corrected chi connectivity index (χ4v) is 6.08. The molecule has 0 unspecified atom stereocenters. The van der Waals surface area contributed by atoms with E-state index in [-0.39, 0.29) is 11.7 Å². The van der Waals surface area contributed by atoms with Gasteiger partial charge in [0, 0.05) is 12.6 Å². The zero-order chi connectivity index (χ0) is 15.2. The summed E-state index contributed by atoms with van der Waals surface area (Å²) in [5.41, 5.74) is 3.15. The summed E-state index contributed by atoms with van der Waals surface area (Å²) in [6, 6.07) is 6.03. The molecule has 4 heteroatoms. The van der Waals surface area contributed by atoms with E-state index in [4.69, 9.17) is 0 Å². The van der Waals surface area contributed by atoms with E-state index in [2.05, 4.69) is 30.6 Å². The summed E-state index contributed by atoms with van der Waals surface area (Å²) in [4.78, 5) is 22.9. The number of rotatable bonds is 1. The Labute approximate surface area is 125 Å². The number of amides is 1. The zero-order valence-corrected chi connectivity index (χ0v) is 13.4. The van der Waals surface area contributed by atoms with Crippen LogP contribution in [0.3, 0.4) is 0 Å². The second-order valence-corrected chi connectivity index (χ2v) is 10.3. The highest BCUT2D eigenvalue weighted by molar-refractivity contribution is 6.97. The normalized spacial score (nSPS) is 18.3. The molecule has 0 aromatic heterocycles. The van der Waals surface area contributed by atoms with Crippen molar-refractivity contribution in [2.45, 2.75) is 20.0 Å². The molecule has 106 valence electrons. The minimum absolute atomic E-state index is 0.0594. The molecule has 21 heavy (non-hydrogen) atoms. The summed E-state index contributed by atoms with van der Waals surface area (Å²) in [5, 5.41) is 5.26. The maximum atomic E-state index is 11.7. The van der Waals surface area contributed by atoms with Crippen molar-refractivity contribution in [1.29, 1.82) is 0 Å². The Hall–Kier alpha value is -2.20. The van der Waals surface area contributed by atoms with E-state index >= 15 is 0 Å². The van der Waals surface area contributed by atoms with E-state index in [9.17, 15) is 9.59 Å². The Morgan fingerprint density at radius 1 is 1.14 bits per heavy atom. The van der Waals surface area contributed by atoms with Crippen LogP contribution in [0.2, 0.25) is 13.1 Å². The van der Waals surface area contributed by atoms with E-state index in [1.54, 1.807) is 12.2 Å². The number of hydrogen-bond donors (Lipinski definition) is 1. The Kier molecular flexibility index (Phi) is 3.06. The van der Waals surface area contributed by atoms with Gasteiger partial charge in [0.15, 0.2) is 5.78 Å². The number of nitrogens with one attached hydrogen (secondary N) is 1. The van der Waals surface area contributed by atoms with Crippen LogP contribution in [0.1, 0.15) is 12.5 Å². The summed E-state index contributed by atoms with van der Waals surface area (Å²) in [6.45, 7) is 6.00. The van der Waals surface area contributed by atoms with Crippen molar-refractivity contribution < 1.29 is 9.59 Å². The van der Waals surface area contributed by atoms with Crippen LogP contribution in [0.5, 0.6) is 0 Å². The molecule has 3 rings (SSSR count). The van der Waals surface area contributed by atoms with Crippen molar-refractivity contribution in [3.63, 3.8) is 0 Å². The largest absolute Gasteiger partial charge is 0.326 e. The molecule has 1 aromatic carbocycles. The first-order chi connectivity index (χ1) is 9.88. The van der Waals surface area contributed by atoms with Gasteiger partial charge in [-0.05, 0) is 51.9 Å². The number of hydrogen-bond acceptors (Lipinski definition) is 2. The molecule has 1 aliphatic heterocycles. The maximum absolute atomic E-state index is 11.7. The molecule has 0 bridgehead atoms. The molecule has 1 N–H and O–H groups in total. The number of anilines is 1. The number of carbonyl (C=O) groups is 2. The molecule has 1 amide bonds. The summed E-state index contributed by atoms with van der Waals surface area (Å²) >= 11 is 0. The number of fused-ring (bicyclic) bond motifs is 2. The van der Waals surface area contributed by atoms with Crippen molar-refractivity contribution in [1.82, 2.24) is 0 Å². The highest BCUT2D eigenvalue weighted by Gasteiger charge is 2.36. The van der Waals surface area contributed by atoms with Crippen LogP contribution in [0.4, 0.5) is 5.69 Å². The third kappa shape index (κ3) is 2.32. The zero-order valence-electron chi connectivity index (χ0n) is 12.4. The highest BCUT2D eigenvalue weighted by Crippen LogP contribution is 2.33. The first kappa shape index (κ1) is 13.8. The molecular formula is C17H17NO2Si. The van der Waals surface area contributed by atoms with Gasteiger partial charge in [-0.2, -0.15) is 0 Å². The number of allylic oxidation sites excluding steroid dienone is 5. The van der Waals surface area contributed by atoms with Crippen molar-refractivity contribution in [3.05, 3.63) is 52.8 Å². The van der Waals surface area contributed by atoms with Gasteiger partial charge < -0.3 is 5.32 Å². The topological polar surface area (TPSA) is 46.2 Å². The van der Waals surface area contributed by atoms with Crippen molar-refractivity contribution >= 4 is 36.7 Å². The lowest BCUT2D eigenvalue weighted by Crippen LogP contribution is -2.48. The first-order valence-electron chi connectivity index (χ1n) is 6.96. The lowest BCUT2D eigenvalue weighted by Gasteiger charge is -2.34. The standard InChI is InChI=1S/C17H17NO2Si/c1-11(19)18-14-6-4-12-8-13-5-7-15(20)10-17(13)21(2,3)16(12)9-14/h4-10H,1-3H3,(H,18,19). The van der Waals surface area contributed by atoms with Crippen LogP contribution in [0.25, 0.3) is 6.08 Å². The molecule has 0 spiro atoms. The quantitative estimate of drug-likeness (QED) is 0.809. The molecule has 1 aliphatic carbocycles. The van der Waals surface area contributed by atoms with Gasteiger partial charge in [-0.15, -0.1) is 0 Å². The molecule has 1 heterocycles. The van der Waals surface area contributed by atoms with Gasteiger partial charge in [0.2, 0.25) is 5.91 Å². The fourth-order valence-electron chi connectivity index (χ4n) is 3.02. The predicted octanol–water partition coefficient (Wildman–Crippen LogP) is 2.56. The average Bonchev–Trinajstić information content (AvgIpc) is 2.40. The summed E-state index contributed by atoms with van der Waals surface area (Å²) in [5.74, 6) is -0.0133. The van der Waals surface area contributed by atoms with E-state index < -0.39 is 8.07 Å². The smallest absolute Gasteiger partial charge is 0.221 e. The SMILES string of the molecule is CC(=O)Nc1ccc2c(c1)[Si](C)(C)C1=CC(=O)C=CC1=C2. The molecule has 0 saturated heterocycles. The monoisotopic (exact) mass is 295 g/mol. The van der Waals surface area contributed by atoms with Crippen LogP contribution < -0.4 is 10.5 Å². The molecule has 2 aliphatic rings. The van der Waals surface area contributed by atoms with Gasteiger partial charge in [-0.3, -0.25) is 9.59 Å². The van der Waals surface area contributed by atoms with Gasteiger partial charge in [0.05, 0.1) is 0 Å². The molecule has 1 aromatic rings. The number of ketones is 1. The minimum atomic E-state index is -1.93. The Morgan fingerprint density at radius 3 is 2.62 bits per heavy atom. The molecule has 0 fully saturated rings. The van der Waals surface area contributed by atoms with Gasteiger partial charge in [-0.25, -0.2) is 0 Å². The van der Waals surface area contributed by atoms with Gasteiger partial charge in [0.1, 0.15) is 8.07 Å². The average molecular weight is 295 g/mol. The maximum Gasteiger partial charge on any atom is 0.221 e. The van der Waals surface area contributed by atoms with Crippen LogP contribution in [0, 0.1) is 0 Å². The molecule has 0 radical (unpaired) electrons. The second-order valence-electron chi connectivity index (χ2n) is 6.00. The summed E-state index contributed by atoms with van der Waals surface area (Å²) in [6.07, 6.45) is 7.43. The predicted molar refractivity (Wildman–Crippen MR) is 88.1 cm³/mol. The minimum Gasteiger partial charge on any atom is -0.326 e. The Balaban J connectivity index is 2.16. The van der Waals surface area contributed by atoms with Gasteiger partial charge >= 0.3 is 0 Å². The molecule has 0 saturated carbocycles. The Morgan fingerprint density at radius 2 is 1.90 bits per heavy atom. The van der Waals surface area contributed by atoms with E-state index in [1.807, 2.05) is 18.2 Å². The van der Waals surface area contributed by atoms with E-state index in [0.29, 0.717) is 0 Å². The van der Waals surface area contributed by atoms with E-state index in [1.165, 1.54) is 22.9 Å². The van der Waals surface area contributed by atoms with Crippen molar-refractivity contribution in [2.75, 3.05) is 5.32 Å². The lowest BCUT2D eigenvalue weighted by molar-refractivity contribution is -0.114. The van der Waals surface area contributed by atoms with Crippen LogP contribution in [-0.4, -0.2) is 19.8 Å². The van der Waals surface area contributed by atoms with Crippen molar-refractivity contribution in [3.8, 4) is 0 Å². The summed E-state index contributed by atoms with van der Waals surface area (Å²) in [7, 11) is -1.93. The molecule has 0 atom stereocenters. The van der Waals surface area contributed by atoms with Gasteiger partial charge in [0.25, 0.3) is 0 Å².